The molecule has 5 nitrogen and oxygen atoms in total. The van der Waals surface area contributed by atoms with Crippen LogP contribution in [0.2, 0.25) is 0 Å². The van der Waals surface area contributed by atoms with Crippen LogP contribution >= 0.6 is 0 Å². The van der Waals surface area contributed by atoms with Crippen molar-refractivity contribution in [3.05, 3.63) is 112 Å². The van der Waals surface area contributed by atoms with Crippen LogP contribution in [0.3, 0.4) is 0 Å². The second-order valence-corrected chi connectivity index (χ2v) is 14.5. The lowest BCUT2D eigenvalue weighted by atomic mass is 9.78. The summed E-state index contributed by atoms with van der Waals surface area (Å²) in [5.74, 6) is 0. The van der Waals surface area contributed by atoms with Crippen molar-refractivity contribution in [2.75, 3.05) is 24.5 Å². The molecule has 4 aliphatic rings. The normalized spacial score (nSPS) is 29.3. The predicted molar refractivity (Wildman–Crippen MR) is 187 cm³/mol. The molecule has 3 atom stereocenters. The summed E-state index contributed by atoms with van der Waals surface area (Å²) in [6.45, 7) is 16.5. The molecule has 44 heavy (non-hydrogen) atoms. The molecule has 0 saturated carbocycles. The van der Waals surface area contributed by atoms with Crippen molar-refractivity contribution in [3.63, 3.8) is 0 Å². The lowest BCUT2D eigenvalue weighted by Gasteiger charge is -2.30. The van der Waals surface area contributed by atoms with Crippen LogP contribution in [-0.2, 0) is 5.41 Å². The fourth-order valence-corrected chi connectivity index (χ4v) is 7.69. The zero-order valence-electron chi connectivity index (χ0n) is 28.0. The van der Waals surface area contributed by atoms with Gasteiger partial charge >= 0.3 is 0 Å². The summed E-state index contributed by atoms with van der Waals surface area (Å²) in [5, 5.41) is 0. The predicted octanol–water partition coefficient (Wildman–Crippen LogP) is 6.09. The van der Waals surface area contributed by atoms with Gasteiger partial charge in [0.15, 0.2) is 0 Å². The fraction of sp³-hybridized carbons (Fsp3) is 0.487. The first-order chi connectivity index (χ1) is 20.9. The van der Waals surface area contributed by atoms with E-state index in [2.05, 4.69) is 119 Å². The Hall–Kier alpha value is -3.12. The fourth-order valence-electron chi connectivity index (χ4n) is 7.69. The first kappa shape index (κ1) is 32.3. The minimum Gasteiger partial charge on any atom is -0.398 e. The van der Waals surface area contributed by atoms with Crippen molar-refractivity contribution >= 4 is 5.69 Å². The monoisotopic (exact) mass is 594 g/mol. The number of fused-ring (bicyclic) bond motifs is 1. The number of allylic oxidation sites excluding steroid dienone is 8. The molecule has 1 aromatic carbocycles. The third-order valence-electron chi connectivity index (χ3n) is 10.4. The molecule has 2 aliphatic heterocycles. The van der Waals surface area contributed by atoms with Gasteiger partial charge in [-0.1, -0.05) is 75.8 Å². The van der Waals surface area contributed by atoms with Gasteiger partial charge in [0.25, 0.3) is 0 Å². The second kappa shape index (κ2) is 12.7. The molecular formula is C39H56N5+. The van der Waals surface area contributed by atoms with Gasteiger partial charge < -0.3 is 22.1 Å². The van der Waals surface area contributed by atoms with Gasteiger partial charge in [0, 0.05) is 41.0 Å². The van der Waals surface area contributed by atoms with E-state index < -0.39 is 5.54 Å². The van der Waals surface area contributed by atoms with Crippen molar-refractivity contribution < 1.29 is 4.90 Å². The quantitative estimate of drug-likeness (QED) is 0.279. The number of quaternary nitrogens is 1. The molecule has 0 amide bonds. The lowest BCUT2D eigenvalue weighted by molar-refractivity contribution is -0.876. The number of hydrogen-bond acceptors (Lipinski definition) is 4. The number of hydrogen-bond donors (Lipinski definition) is 4. The minimum absolute atomic E-state index is 0.0453. The van der Waals surface area contributed by atoms with E-state index >= 15 is 0 Å². The van der Waals surface area contributed by atoms with Crippen molar-refractivity contribution in [1.29, 1.82) is 0 Å². The Morgan fingerprint density at radius 1 is 1.00 bits per heavy atom. The Bertz CT molecular complexity index is 1460. The van der Waals surface area contributed by atoms with E-state index in [1.165, 1.54) is 57.1 Å². The topological polar surface area (TPSA) is 85.7 Å². The summed E-state index contributed by atoms with van der Waals surface area (Å²) in [6.07, 6.45) is 24.7. The maximum absolute atomic E-state index is 6.96. The van der Waals surface area contributed by atoms with Crippen LogP contribution in [0.25, 0.3) is 0 Å². The van der Waals surface area contributed by atoms with Gasteiger partial charge in [-0.3, -0.25) is 4.90 Å². The number of rotatable bonds is 9. The van der Waals surface area contributed by atoms with E-state index in [0.717, 1.165) is 44.5 Å². The Balaban J connectivity index is 1.45. The molecule has 5 heteroatoms. The molecule has 0 saturated heterocycles. The smallest absolute Gasteiger partial charge is 0.135 e. The van der Waals surface area contributed by atoms with Crippen LogP contribution in [-0.4, -0.2) is 31.2 Å². The van der Waals surface area contributed by atoms with Crippen molar-refractivity contribution in [2.45, 2.75) is 97.1 Å². The van der Waals surface area contributed by atoms with E-state index in [1.54, 1.807) is 0 Å². The van der Waals surface area contributed by atoms with Gasteiger partial charge in [-0.25, -0.2) is 0 Å². The highest BCUT2D eigenvalue weighted by Crippen LogP contribution is 2.48. The number of para-hydroxylation sites is 1. The lowest BCUT2D eigenvalue weighted by Crippen LogP contribution is -3.13. The molecule has 5 rings (SSSR count). The zero-order valence-corrected chi connectivity index (χ0v) is 28.0. The van der Waals surface area contributed by atoms with Gasteiger partial charge in [-0.2, -0.15) is 0 Å². The van der Waals surface area contributed by atoms with Crippen LogP contribution in [0.5, 0.6) is 0 Å². The minimum atomic E-state index is -0.437. The SMILES string of the molecule is CCCCN1/C(=C/C=C2\CCCC(/C=C/C3[NH+](CCCN)C4=C(C=CC(C)(N)C=C4)C3(C)C)=C2N)C(C)(C)c2ccccc21. The summed E-state index contributed by atoms with van der Waals surface area (Å²) in [7, 11) is 0. The summed E-state index contributed by atoms with van der Waals surface area (Å²) in [6, 6.07) is 9.18. The molecular weight excluding hydrogens is 538 g/mol. The van der Waals surface area contributed by atoms with Crippen LogP contribution in [0, 0.1) is 5.41 Å². The molecule has 236 valence electrons. The number of nitrogens with one attached hydrogen (secondary N) is 1. The highest BCUT2D eigenvalue weighted by atomic mass is 15.2. The molecule has 1 aromatic rings. The number of nitrogens with two attached hydrogens (primary N) is 3. The summed E-state index contributed by atoms with van der Waals surface area (Å²) in [4.78, 5) is 4.00. The molecule has 0 fully saturated rings. The van der Waals surface area contributed by atoms with Crippen LogP contribution in [0.1, 0.15) is 85.6 Å². The van der Waals surface area contributed by atoms with Gasteiger partial charge in [-0.15, -0.1) is 0 Å². The van der Waals surface area contributed by atoms with E-state index in [4.69, 9.17) is 17.2 Å². The van der Waals surface area contributed by atoms with E-state index in [-0.39, 0.29) is 16.9 Å². The summed E-state index contributed by atoms with van der Waals surface area (Å²) in [5.41, 5.74) is 29.2. The molecule has 0 aromatic heterocycles. The van der Waals surface area contributed by atoms with Crippen molar-refractivity contribution in [1.82, 2.24) is 0 Å². The maximum Gasteiger partial charge on any atom is 0.135 e. The largest absolute Gasteiger partial charge is 0.398 e. The zero-order chi connectivity index (χ0) is 31.7. The summed E-state index contributed by atoms with van der Waals surface area (Å²) >= 11 is 0. The van der Waals surface area contributed by atoms with Gasteiger partial charge in [0.2, 0.25) is 0 Å². The Kier molecular flexibility index (Phi) is 9.32. The third-order valence-corrected chi connectivity index (χ3v) is 10.4. The van der Waals surface area contributed by atoms with Gasteiger partial charge in [0.05, 0.1) is 17.5 Å². The average Bonchev–Trinajstić information content (AvgIpc) is 3.23. The molecule has 0 bridgehead atoms. The van der Waals surface area contributed by atoms with E-state index in [1.807, 2.05) is 0 Å². The first-order valence-corrected chi connectivity index (χ1v) is 16.9. The molecule has 2 aliphatic carbocycles. The average molecular weight is 595 g/mol. The van der Waals surface area contributed by atoms with Crippen LogP contribution in [0.15, 0.2) is 107 Å². The van der Waals surface area contributed by atoms with Crippen molar-refractivity contribution in [2.24, 2.45) is 22.6 Å². The van der Waals surface area contributed by atoms with E-state index in [9.17, 15) is 0 Å². The summed E-state index contributed by atoms with van der Waals surface area (Å²) < 4.78 is 0. The standard InChI is InChI=1S/C39H55N5/c1-7-8-26-43-32-16-10-9-15-30(32)37(2,3)34(43)19-17-28-13-11-14-29(36(28)41)18-20-35-38(4,5)31-21-23-39(6,42)24-22-33(31)44(35)27-12-25-40/h9-10,15-24,35H,7-8,11-14,25-27,40-42H2,1-6H3/p+1/b20-18+,28-17+,34-19+. The number of unbranched alkanes of at least 4 members (excludes halogenated alkanes) is 1. The Labute approximate surface area is 266 Å². The molecule has 7 N–H and O–H groups in total. The second-order valence-electron chi connectivity index (χ2n) is 14.5. The number of nitrogens with zero attached hydrogens (tertiary/aromatic N) is 1. The van der Waals surface area contributed by atoms with Crippen molar-refractivity contribution in [3.8, 4) is 0 Å². The van der Waals surface area contributed by atoms with Gasteiger partial charge in [-0.05, 0) is 94.0 Å². The maximum atomic E-state index is 6.96. The Morgan fingerprint density at radius 2 is 1.75 bits per heavy atom. The molecule has 0 radical (unpaired) electrons. The van der Waals surface area contributed by atoms with E-state index in [0.29, 0.717) is 6.54 Å². The highest BCUT2D eigenvalue weighted by Gasteiger charge is 2.48. The van der Waals surface area contributed by atoms with Gasteiger partial charge in [0.1, 0.15) is 11.7 Å². The third kappa shape index (κ3) is 6.07. The number of benzene rings is 1. The molecule has 2 heterocycles. The first-order valence-electron chi connectivity index (χ1n) is 16.9. The van der Waals surface area contributed by atoms with Crippen LogP contribution in [0.4, 0.5) is 5.69 Å². The van der Waals surface area contributed by atoms with Crippen LogP contribution < -0.4 is 27.0 Å². The molecule has 3 unspecified atom stereocenters. The Morgan fingerprint density at radius 3 is 2.50 bits per heavy atom. The highest BCUT2D eigenvalue weighted by molar-refractivity contribution is 5.70. The molecule has 0 spiro atoms. The number of anilines is 1.